The molecule has 0 saturated heterocycles. The normalized spacial score (nSPS) is 21.5. The van der Waals surface area contributed by atoms with Crippen LogP contribution in [0.5, 0.6) is 0 Å². The summed E-state index contributed by atoms with van der Waals surface area (Å²) in [5.74, 6) is 0. The van der Waals surface area contributed by atoms with Gasteiger partial charge in [-0.1, -0.05) is 0 Å². The molecule has 0 unspecified atom stereocenters. The number of fused-ring (bicyclic) bond motifs is 1. The first kappa shape index (κ1) is 11.4. The van der Waals surface area contributed by atoms with Gasteiger partial charge < -0.3 is 0 Å². The number of benzene rings is 1. The van der Waals surface area contributed by atoms with Crippen molar-refractivity contribution in [1.82, 2.24) is 0 Å². The molecule has 0 aliphatic carbocycles. The van der Waals surface area contributed by atoms with Crippen LogP contribution in [-0.2, 0) is 8.67 Å². The molecule has 1 aromatic rings. The van der Waals surface area contributed by atoms with E-state index in [1.165, 1.54) is 9.13 Å². The van der Waals surface area contributed by atoms with Crippen molar-refractivity contribution in [2.45, 2.75) is 43.6 Å². The molecule has 15 heavy (non-hydrogen) atoms. The first-order chi connectivity index (χ1) is 6.82. The maximum atomic E-state index is 6.34. The second kappa shape index (κ2) is 3.45. The summed E-state index contributed by atoms with van der Waals surface area (Å²) < 4.78 is 8.17. The van der Waals surface area contributed by atoms with Gasteiger partial charge in [0.1, 0.15) is 0 Å². The molecule has 0 fully saturated rings. The van der Waals surface area contributed by atoms with E-state index in [9.17, 15) is 0 Å². The number of halogens is 1. The average molecular weight is 318 g/mol. The standard InChI is InChI=1S/C13H19IO/c1-12(2,3)14-11-9-7-6-8-10(11)13(4,5)15-14/h6-9H,1-5H3. The van der Waals surface area contributed by atoms with E-state index < -0.39 is 20.2 Å². The summed E-state index contributed by atoms with van der Waals surface area (Å²) in [5.41, 5.74) is 1.33. The summed E-state index contributed by atoms with van der Waals surface area (Å²) in [6.45, 7) is 11.3. The van der Waals surface area contributed by atoms with Crippen LogP contribution in [0.25, 0.3) is 0 Å². The summed E-state index contributed by atoms with van der Waals surface area (Å²) >= 11 is -1.48. The third-order valence-electron chi connectivity index (χ3n) is 2.49. The van der Waals surface area contributed by atoms with Gasteiger partial charge in [0.05, 0.1) is 0 Å². The van der Waals surface area contributed by atoms with Crippen LogP contribution in [0.4, 0.5) is 0 Å². The van der Waals surface area contributed by atoms with E-state index in [1.54, 1.807) is 0 Å². The van der Waals surface area contributed by atoms with Crippen molar-refractivity contribution in [3.8, 4) is 0 Å². The Kier molecular flexibility index (Phi) is 2.62. The van der Waals surface area contributed by atoms with Gasteiger partial charge in [0.15, 0.2) is 0 Å². The van der Waals surface area contributed by atoms with Crippen LogP contribution in [0.1, 0.15) is 40.2 Å². The van der Waals surface area contributed by atoms with Crippen molar-refractivity contribution in [2.75, 3.05) is 0 Å². The second-order valence-electron chi connectivity index (χ2n) is 5.38. The zero-order valence-corrected chi connectivity index (χ0v) is 12.3. The van der Waals surface area contributed by atoms with E-state index in [0.717, 1.165) is 0 Å². The molecule has 2 rings (SSSR count). The number of alkyl halides is 1. The van der Waals surface area contributed by atoms with E-state index in [2.05, 4.69) is 58.9 Å². The summed E-state index contributed by atoms with van der Waals surface area (Å²) in [5, 5.41) is 0. The van der Waals surface area contributed by atoms with Crippen LogP contribution in [0.15, 0.2) is 24.3 Å². The zero-order valence-electron chi connectivity index (χ0n) is 10.1. The Morgan fingerprint density at radius 2 is 1.73 bits per heavy atom. The number of rotatable bonds is 0. The van der Waals surface area contributed by atoms with Crippen molar-refractivity contribution in [3.05, 3.63) is 33.4 Å². The first-order valence-electron chi connectivity index (χ1n) is 5.31. The van der Waals surface area contributed by atoms with Gasteiger partial charge in [-0.3, -0.25) is 0 Å². The Morgan fingerprint density at radius 3 is 2.33 bits per heavy atom. The van der Waals surface area contributed by atoms with E-state index in [0.29, 0.717) is 3.42 Å². The molecule has 0 bridgehead atoms. The average Bonchev–Trinajstić information content (AvgIpc) is 2.39. The maximum absolute atomic E-state index is 6.34. The van der Waals surface area contributed by atoms with Crippen LogP contribution in [0, 0.1) is 3.57 Å². The Balaban J connectivity index is 2.52. The molecule has 0 aromatic heterocycles. The topological polar surface area (TPSA) is 9.23 Å². The van der Waals surface area contributed by atoms with Gasteiger partial charge >= 0.3 is 100 Å². The fourth-order valence-electron chi connectivity index (χ4n) is 1.80. The quantitative estimate of drug-likeness (QED) is 0.511. The zero-order chi connectivity index (χ0) is 11.3. The van der Waals surface area contributed by atoms with Gasteiger partial charge in [-0.05, 0) is 0 Å². The van der Waals surface area contributed by atoms with Crippen molar-refractivity contribution in [3.63, 3.8) is 0 Å². The molecular weight excluding hydrogens is 299 g/mol. The molecule has 0 saturated carbocycles. The van der Waals surface area contributed by atoms with Crippen molar-refractivity contribution in [2.24, 2.45) is 0 Å². The van der Waals surface area contributed by atoms with Crippen molar-refractivity contribution < 1.29 is 3.07 Å². The summed E-state index contributed by atoms with van der Waals surface area (Å²) in [6.07, 6.45) is 0. The van der Waals surface area contributed by atoms with Gasteiger partial charge in [0, 0.05) is 0 Å². The van der Waals surface area contributed by atoms with Crippen LogP contribution >= 0.6 is 20.2 Å². The molecule has 1 aromatic carbocycles. The summed E-state index contributed by atoms with van der Waals surface area (Å²) in [7, 11) is 0. The van der Waals surface area contributed by atoms with Gasteiger partial charge in [-0.15, -0.1) is 0 Å². The van der Waals surface area contributed by atoms with Crippen LogP contribution in [-0.4, -0.2) is 3.42 Å². The Morgan fingerprint density at radius 1 is 1.13 bits per heavy atom. The number of hydrogen-bond acceptors (Lipinski definition) is 1. The van der Waals surface area contributed by atoms with Gasteiger partial charge in [0.25, 0.3) is 0 Å². The van der Waals surface area contributed by atoms with Crippen molar-refractivity contribution >= 4 is 20.2 Å². The molecular formula is C13H19IO. The van der Waals surface area contributed by atoms with Gasteiger partial charge in [-0.25, -0.2) is 0 Å². The molecule has 1 aliphatic heterocycles. The molecule has 1 nitrogen and oxygen atoms in total. The second-order valence-corrected chi connectivity index (χ2v) is 11.6. The fraction of sp³-hybridized carbons (Fsp3) is 0.538. The summed E-state index contributed by atoms with van der Waals surface area (Å²) in [6, 6.07) is 8.74. The first-order valence-corrected chi connectivity index (χ1v) is 8.35. The summed E-state index contributed by atoms with van der Waals surface area (Å²) in [4.78, 5) is 0. The minimum atomic E-state index is -1.48. The predicted octanol–water partition coefficient (Wildman–Crippen LogP) is 4.34. The molecule has 1 heterocycles. The molecule has 0 N–H and O–H groups in total. The van der Waals surface area contributed by atoms with E-state index in [4.69, 9.17) is 3.07 Å². The third-order valence-corrected chi connectivity index (χ3v) is 8.97. The monoisotopic (exact) mass is 318 g/mol. The van der Waals surface area contributed by atoms with Gasteiger partial charge in [0.2, 0.25) is 0 Å². The number of hydrogen-bond donors (Lipinski definition) is 0. The molecule has 0 amide bonds. The molecule has 0 radical (unpaired) electrons. The Hall–Kier alpha value is -0.0900. The van der Waals surface area contributed by atoms with E-state index in [-0.39, 0.29) is 5.60 Å². The fourth-order valence-corrected chi connectivity index (χ4v) is 7.67. The van der Waals surface area contributed by atoms with E-state index >= 15 is 0 Å². The van der Waals surface area contributed by atoms with E-state index in [1.807, 2.05) is 0 Å². The molecule has 0 atom stereocenters. The molecule has 1 aliphatic rings. The SMILES string of the molecule is CC1(C)OI(C(C)(C)C)c2ccccc21. The predicted molar refractivity (Wildman–Crippen MR) is 73.0 cm³/mol. The molecule has 84 valence electrons. The third kappa shape index (κ3) is 1.94. The van der Waals surface area contributed by atoms with Crippen LogP contribution in [0.2, 0.25) is 0 Å². The minimum absolute atomic E-state index is 0.0747. The Labute approximate surface area is 100 Å². The van der Waals surface area contributed by atoms with Crippen LogP contribution in [0.3, 0.4) is 0 Å². The molecule has 0 spiro atoms. The van der Waals surface area contributed by atoms with Crippen molar-refractivity contribution in [1.29, 1.82) is 0 Å². The van der Waals surface area contributed by atoms with Crippen LogP contribution < -0.4 is 0 Å². The Bertz CT molecular complexity index is 376. The van der Waals surface area contributed by atoms with Gasteiger partial charge in [-0.2, -0.15) is 0 Å². The molecule has 2 heteroatoms.